The fourth-order valence-corrected chi connectivity index (χ4v) is 1.27. The maximum Gasteiger partial charge on any atom is 0.302 e. The first kappa shape index (κ1) is 5.97. The zero-order valence-electron chi connectivity index (χ0n) is 5.07. The molecule has 0 amide bonds. The van der Waals surface area contributed by atoms with Crippen LogP contribution in [0.2, 0.25) is 0 Å². The summed E-state index contributed by atoms with van der Waals surface area (Å²) in [7, 11) is 0. The van der Waals surface area contributed by atoms with Crippen molar-refractivity contribution < 1.29 is 4.74 Å². The van der Waals surface area contributed by atoms with Crippen LogP contribution in [0.5, 0.6) is 6.01 Å². The van der Waals surface area contributed by atoms with E-state index in [-0.39, 0.29) is 4.95 Å². The van der Waals surface area contributed by atoms with E-state index in [0.717, 1.165) is 0 Å². The molecule has 2 heterocycles. The molecule has 1 aromatic rings. The van der Waals surface area contributed by atoms with Gasteiger partial charge in [-0.2, -0.15) is 0 Å². The number of aromatic nitrogens is 2. The Morgan fingerprint density at radius 2 is 2.60 bits per heavy atom. The number of nitrogens with zero attached hydrogens (tertiary/aromatic N) is 2. The van der Waals surface area contributed by atoms with Gasteiger partial charge in [0.05, 0.1) is 6.26 Å². The van der Waals surface area contributed by atoms with Crippen molar-refractivity contribution in [1.29, 1.82) is 0 Å². The molecule has 3 nitrogen and oxygen atoms in total. The smallest absolute Gasteiger partial charge is 0.302 e. The molecular weight excluding hydrogens is 196 g/mol. The SMILES string of the molecule is Br[C@H]1C=COc2nccn21. The van der Waals surface area contributed by atoms with E-state index in [1.165, 1.54) is 0 Å². The van der Waals surface area contributed by atoms with Crippen molar-refractivity contribution >= 4 is 15.9 Å². The number of hydrogen-bond donors (Lipinski definition) is 0. The molecule has 52 valence electrons. The monoisotopic (exact) mass is 200 g/mol. The van der Waals surface area contributed by atoms with Gasteiger partial charge < -0.3 is 4.74 Å². The molecule has 4 heteroatoms. The van der Waals surface area contributed by atoms with Gasteiger partial charge in [-0.1, -0.05) is 15.9 Å². The third-order valence-corrected chi connectivity index (χ3v) is 2.06. The number of allylic oxidation sites excluding steroid dienone is 1. The van der Waals surface area contributed by atoms with Gasteiger partial charge in [0.15, 0.2) is 0 Å². The topological polar surface area (TPSA) is 27.1 Å². The molecule has 1 aliphatic rings. The highest BCUT2D eigenvalue weighted by Gasteiger charge is 2.12. The van der Waals surface area contributed by atoms with Gasteiger partial charge in [-0.05, 0) is 6.08 Å². The molecule has 1 aliphatic heterocycles. The van der Waals surface area contributed by atoms with Gasteiger partial charge in [0.25, 0.3) is 0 Å². The highest BCUT2D eigenvalue weighted by Crippen LogP contribution is 2.25. The molecule has 0 aromatic carbocycles. The van der Waals surface area contributed by atoms with E-state index in [1.54, 1.807) is 12.5 Å². The first-order valence-electron chi connectivity index (χ1n) is 2.88. The minimum atomic E-state index is 0.179. The zero-order valence-corrected chi connectivity index (χ0v) is 6.65. The zero-order chi connectivity index (χ0) is 6.97. The molecule has 1 atom stereocenters. The normalized spacial score (nSPS) is 21.9. The Morgan fingerprint density at radius 3 is 3.40 bits per heavy atom. The van der Waals surface area contributed by atoms with Gasteiger partial charge in [-0.3, -0.25) is 4.57 Å². The predicted octanol–water partition coefficient (Wildman–Crippen LogP) is 1.68. The largest absolute Gasteiger partial charge is 0.434 e. The second-order valence-electron chi connectivity index (χ2n) is 1.94. The Balaban J connectivity index is 2.48. The Labute approximate surface area is 66.5 Å². The van der Waals surface area contributed by atoms with Gasteiger partial charge in [-0.15, -0.1) is 0 Å². The van der Waals surface area contributed by atoms with Crippen molar-refractivity contribution in [3.63, 3.8) is 0 Å². The Bertz CT molecular complexity index is 268. The highest BCUT2D eigenvalue weighted by molar-refractivity contribution is 9.09. The molecule has 0 aliphatic carbocycles. The maximum absolute atomic E-state index is 5.08. The maximum atomic E-state index is 5.08. The molecule has 0 radical (unpaired) electrons. The lowest BCUT2D eigenvalue weighted by Crippen LogP contribution is -2.05. The van der Waals surface area contributed by atoms with E-state index in [1.807, 2.05) is 16.8 Å². The molecule has 2 rings (SSSR count). The third-order valence-electron chi connectivity index (χ3n) is 1.31. The van der Waals surface area contributed by atoms with Gasteiger partial charge >= 0.3 is 6.01 Å². The summed E-state index contributed by atoms with van der Waals surface area (Å²) >= 11 is 3.42. The van der Waals surface area contributed by atoms with Gasteiger partial charge in [-0.25, -0.2) is 4.98 Å². The van der Waals surface area contributed by atoms with Crippen molar-refractivity contribution in [2.24, 2.45) is 0 Å². The van der Waals surface area contributed by atoms with Crippen LogP contribution in [-0.2, 0) is 0 Å². The van der Waals surface area contributed by atoms with Crippen LogP contribution in [0.1, 0.15) is 4.95 Å². The molecule has 1 aromatic heterocycles. The van der Waals surface area contributed by atoms with Gasteiger partial charge in [0.1, 0.15) is 4.95 Å². The van der Waals surface area contributed by atoms with E-state index in [0.29, 0.717) is 6.01 Å². The Hall–Kier alpha value is -0.770. The lowest BCUT2D eigenvalue weighted by atomic mass is 10.5. The summed E-state index contributed by atoms with van der Waals surface area (Å²) in [4.78, 5) is 4.15. The number of fused-ring (bicyclic) bond motifs is 1. The summed E-state index contributed by atoms with van der Waals surface area (Å²) in [6.07, 6.45) is 7.09. The number of ether oxygens (including phenoxy) is 1. The minimum absolute atomic E-state index is 0.179. The molecule has 0 fully saturated rings. The van der Waals surface area contributed by atoms with Crippen molar-refractivity contribution in [2.75, 3.05) is 0 Å². The van der Waals surface area contributed by atoms with Crippen molar-refractivity contribution in [1.82, 2.24) is 9.55 Å². The number of rotatable bonds is 0. The average Bonchev–Trinajstić information content (AvgIpc) is 2.36. The van der Waals surface area contributed by atoms with E-state index < -0.39 is 0 Å². The van der Waals surface area contributed by atoms with Crippen molar-refractivity contribution in [3.8, 4) is 6.01 Å². The standard InChI is InChI=1S/C6H5BrN2O/c7-5-1-4-10-6-8-2-3-9(5)6/h1-5H/t5-/m1/s1. The lowest BCUT2D eigenvalue weighted by Gasteiger charge is -2.13. The fourth-order valence-electron chi connectivity index (χ4n) is 0.836. The molecule has 0 bridgehead atoms. The average molecular weight is 201 g/mol. The third kappa shape index (κ3) is 0.759. The highest BCUT2D eigenvalue weighted by atomic mass is 79.9. The Morgan fingerprint density at radius 1 is 1.70 bits per heavy atom. The Kier molecular flexibility index (Phi) is 1.27. The van der Waals surface area contributed by atoms with E-state index in [2.05, 4.69) is 20.9 Å². The van der Waals surface area contributed by atoms with E-state index in [4.69, 9.17) is 4.74 Å². The van der Waals surface area contributed by atoms with Crippen LogP contribution in [0, 0.1) is 0 Å². The van der Waals surface area contributed by atoms with Crippen LogP contribution < -0.4 is 4.74 Å². The van der Waals surface area contributed by atoms with Crippen LogP contribution in [0.4, 0.5) is 0 Å². The van der Waals surface area contributed by atoms with Crippen LogP contribution >= 0.6 is 15.9 Å². The molecule has 0 unspecified atom stereocenters. The summed E-state index contributed by atoms with van der Waals surface area (Å²) in [5, 5.41) is 0. The summed E-state index contributed by atoms with van der Waals surface area (Å²) < 4.78 is 6.96. The predicted molar refractivity (Wildman–Crippen MR) is 40.0 cm³/mol. The molecular formula is C6H5BrN2O. The second-order valence-corrected chi connectivity index (χ2v) is 2.87. The van der Waals surface area contributed by atoms with Gasteiger partial charge in [0, 0.05) is 12.4 Å². The summed E-state index contributed by atoms with van der Waals surface area (Å²) in [5.41, 5.74) is 0. The van der Waals surface area contributed by atoms with Crippen molar-refractivity contribution in [2.45, 2.75) is 4.95 Å². The number of imidazole rings is 1. The van der Waals surface area contributed by atoms with Crippen molar-refractivity contribution in [3.05, 3.63) is 24.7 Å². The molecule has 0 saturated heterocycles. The van der Waals surface area contributed by atoms with Gasteiger partial charge in [0.2, 0.25) is 0 Å². The van der Waals surface area contributed by atoms with Crippen LogP contribution in [-0.4, -0.2) is 9.55 Å². The number of alkyl halides is 1. The van der Waals surface area contributed by atoms with Crippen LogP contribution in [0.3, 0.4) is 0 Å². The van der Waals surface area contributed by atoms with E-state index in [9.17, 15) is 0 Å². The molecule has 10 heavy (non-hydrogen) atoms. The first-order chi connectivity index (χ1) is 4.88. The van der Waals surface area contributed by atoms with E-state index >= 15 is 0 Å². The number of halogens is 1. The summed E-state index contributed by atoms with van der Waals surface area (Å²) in [6, 6.07) is 0.629. The van der Waals surface area contributed by atoms with Crippen LogP contribution in [0.25, 0.3) is 0 Å². The minimum Gasteiger partial charge on any atom is -0.434 e. The van der Waals surface area contributed by atoms with Crippen LogP contribution in [0.15, 0.2) is 24.7 Å². The number of hydrogen-bond acceptors (Lipinski definition) is 2. The summed E-state index contributed by atoms with van der Waals surface area (Å²) in [5.74, 6) is 0. The first-order valence-corrected chi connectivity index (χ1v) is 3.80. The molecule has 0 spiro atoms. The second kappa shape index (κ2) is 2.12. The molecule has 0 saturated carbocycles. The summed E-state index contributed by atoms with van der Waals surface area (Å²) in [6.45, 7) is 0. The quantitative estimate of drug-likeness (QED) is 0.597. The molecule has 0 N–H and O–H groups in total. The lowest BCUT2D eigenvalue weighted by molar-refractivity contribution is 0.395. The fraction of sp³-hybridized carbons (Fsp3) is 0.167.